The van der Waals surface area contributed by atoms with Gasteiger partial charge >= 0.3 is 0 Å². The number of halogens is 1. The summed E-state index contributed by atoms with van der Waals surface area (Å²) in [6.45, 7) is 1.80. The van der Waals surface area contributed by atoms with Gasteiger partial charge in [-0.05, 0) is 19.1 Å². The second-order valence-electron chi connectivity index (χ2n) is 3.23. The molecule has 5 nitrogen and oxygen atoms in total. The van der Waals surface area contributed by atoms with Crippen LogP contribution in [0.1, 0.15) is 5.82 Å². The van der Waals surface area contributed by atoms with Crippen LogP contribution in [0.4, 0.5) is 5.69 Å². The highest BCUT2D eigenvalue weighted by molar-refractivity contribution is 9.10. The molecule has 0 aliphatic carbocycles. The largest absolute Gasteiger partial charge is 0.298 e. The molecule has 82 valence electrons. The van der Waals surface area contributed by atoms with Crippen molar-refractivity contribution in [2.75, 3.05) is 0 Å². The molecule has 0 saturated heterocycles. The first-order chi connectivity index (χ1) is 7.59. The van der Waals surface area contributed by atoms with Gasteiger partial charge in [-0.1, -0.05) is 15.9 Å². The molecule has 2 aromatic rings. The van der Waals surface area contributed by atoms with Crippen LogP contribution in [0.2, 0.25) is 0 Å². The highest BCUT2D eigenvalue weighted by atomic mass is 79.9. The molecule has 0 radical (unpaired) electrons. The average molecular weight is 282 g/mol. The Hall–Kier alpha value is -1.69. The normalized spacial score (nSPS) is 10.4. The van der Waals surface area contributed by atoms with Gasteiger partial charge < -0.3 is 0 Å². The second-order valence-corrected chi connectivity index (χ2v) is 4.15. The van der Waals surface area contributed by atoms with E-state index in [4.69, 9.17) is 0 Å². The van der Waals surface area contributed by atoms with Crippen molar-refractivity contribution in [3.8, 4) is 5.69 Å². The summed E-state index contributed by atoms with van der Waals surface area (Å²) in [4.78, 5) is 14.6. The van der Waals surface area contributed by atoms with Crippen molar-refractivity contribution in [1.29, 1.82) is 0 Å². The van der Waals surface area contributed by atoms with E-state index in [1.807, 2.05) is 0 Å². The third kappa shape index (κ3) is 1.83. The predicted molar refractivity (Wildman–Crippen MR) is 62.7 cm³/mol. The zero-order chi connectivity index (χ0) is 11.7. The molecule has 0 atom stereocenters. The lowest BCUT2D eigenvalue weighted by molar-refractivity contribution is -0.384. The lowest BCUT2D eigenvalue weighted by atomic mass is 10.2. The molecule has 1 heterocycles. The summed E-state index contributed by atoms with van der Waals surface area (Å²) in [5, 5.41) is 10.9. The lowest BCUT2D eigenvalue weighted by Gasteiger charge is -2.05. The molecule has 0 saturated carbocycles. The van der Waals surface area contributed by atoms with Gasteiger partial charge in [0.2, 0.25) is 0 Å². The summed E-state index contributed by atoms with van der Waals surface area (Å²) in [6, 6.07) is 4.94. The van der Waals surface area contributed by atoms with Crippen molar-refractivity contribution in [2.45, 2.75) is 6.92 Å². The molecule has 2 rings (SSSR count). The van der Waals surface area contributed by atoms with E-state index in [2.05, 4.69) is 20.9 Å². The Kier molecular flexibility index (Phi) is 2.74. The number of hydrogen-bond acceptors (Lipinski definition) is 3. The average Bonchev–Trinajstić information content (AvgIpc) is 2.64. The number of aryl methyl sites for hydroxylation is 1. The molecule has 0 amide bonds. The molecule has 1 aromatic heterocycles. The van der Waals surface area contributed by atoms with E-state index >= 15 is 0 Å². The van der Waals surface area contributed by atoms with Gasteiger partial charge in [-0.3, -0.25) is 14.7 Å². The van der Waals surface area contributed by atoms with Gasteiger partial charge in [-0.15, -0.1) is 0 Å². The fraction of sp³-hybridized carbons (Fsp3) is 0.100. The zero-order valence-electron chi connectivity index (χ0n) is 8.42. The summed E-state index contributed by atoms with van der Waals surface area (Å²) in [5.74, 6) is 0.713. The smallest absolute Gasteiger partial charge is 0.294 e. The van der Waals surface area contributed by atoms with Crippen LogP contribution in [0, 0.1) is 17.0 Å². The Balaban J connectivity index is 2.65. The fourth-order valence-corrected chi connectivity index (χ4v) is 1.83. The van der Waals surface area contributed by atoms with Crippen molar-refractivity contribution >= 4 is 21.6 Å². The topological polar surface area (TPSA) is 61.0 Å². The van der Waals surface area contributed by atoms with Crippen LogP contribution in [0.3, 0.4) is 0 Å². The SMILES string of the molecule is Cc1nccn1-c1ccc(Br)cc1[N+](=O)[O-]. The monoisotopic (exact) mass is 281 g/mol. The van der Waals surface area contributed by atoms with Crippen LogP contribution >= 0.6 is 15.9 Å². The number of nitrogens with zero attached hydrogens (tertiary/aromatic N) is 3. The van der Waals surface area contributed by atoms with Gasteiger partial charge in [0.15, 0.2) is 0 Å². The van der Waals surface area contributed by atoms with E-state index < -0.39 is 4.92 Å². The first-order valence-corrected chi connectivity index (χ1v) is 5.33. The van der Waals surface area contributed by atoms with E-state index in [0.717, 1.165) is 0 Å². The van der Waals surface area contributed by atoms with Gasteiger partial charge in [-0.2, -0.15) is 0 Å². The van der Waals surface area contributed by atoms with Crippen molar-refractivity contribution in [3.05, 3.63) is 51.0 Å². The van der Waals surface area contributed by atoms with Crippen molar-refractivity contribution in [2.24, 2.45) is 0 Å². The summed E-state index contributed by atoms with van der Waals surface area (Å²) in [5.41, 5.74) is 0.568. The quantitative estimate of drug-likeness (QED) is 0.628. The maximum absolute atomic E-state index is 10.9. The molecule has 0 bridgehead atoms. The summed E-state index contributed by atoms with van der Waals surface area (Å²) in [7, 11) is 0. The maximum atomic E-state index is 10.9. The standard InChI is InChI=1S/C10H8BrN3O2/c1-7-12-4-5-13(7)9-3-2-8(11)6-10(9)14(15)16/h2-6H,1H3. The Bertz CT molecular complexity index is 551. The molecule has 0 aliphatic heterocycles. The van der Waals surface area contributed by atoms with Gasteiger partial charge in [0.05, 0.1) is 4.92 Å². The number of nitro groups is 1. The van der Waals surface area contributed by atoms with Crippen LogP contribution in [0.25, 0.3) is 5.69 Å². The summed E-state index contributed by atoms with van der Waals surface area (Å²) < 4.78 is 2.37. The number of imidazole rings is 1. The van der Waals surface area contributed by atoms with Crippen LogP contribution in [-0.4, -0.2) is 14.5 Å². The van der Waals surface area contributed by atoms with E-state index in [9.17, 15) is 10.1 Å². The molecular formula is C10H8BrN3O2. The number of benzene rings is 1. The number of aromatic nitrogens is 2. The fourth-order valence-electron chi connectivity index (χ4n) is 1.48. The number of rotatable bonds is 2. The van der Waals surface area contributed by atoms with Crippen LogP contribution in [-0.2, 0) is 0 Å². The third-order valence-electron chi connectivity index (χ3n) is 2.22. The minimum absolute atomic E-state index is 0.0514. The van der Waals surface area contributed by atoms with E-state index in [-0.39, 0.29) is 5.69 Å². The van der Waals surface area contributed by atoms with Crippen LogP contribution in [0.5, 0.6) is 0 Å². The maximum Gasteiger partial charge on any atom is 0.294 e. The Morgan fingerprint density at radius 1 is 1.50 bits per heavy atom. The minimum atomic E-state index is -0.403. The number of nitro benzene ring substituents is 1. The van der Waals surface area contributed by atoms with Gasteiger partial charge in [0.25, 0.3) is 5.69 Å². The predicted octanol–water partition coefficient (Wildman–Crippen LogP) is 2.85. The molecule has 0 unspecified atom stereocenters. The highest BCUT2D eigenvalue weighted by Gasteiger charge is 2.16. The van der Waals surface area contributed by atoms with Crippen LogP contribution < -0.4 is 0 Å². The molecule has 0 fully saturated rings. The Morgan fingerprint density at radius 2 is 2.25 bits per heavy atom. The van der Waals surface area contributed by atoms with Gasteiger partial charge in [0.1, 0.15) is 11.5 Å². The molecule has 0 spiro atoms. The molecule has 16 heavy (non-hydrogen) atoms. The minimum Gasteiger partial charge on any atom is -0.298 e. The lowest BCUT2D eigenvalue weighted by Crippen LogP contribution is -2.00. The Labute approximate surface area is 100 Å². The van der Waals surface area contributed by atoms with Crippen molar-refractivity contribution in [3.63, 3.8) is 0 Å². The first kappa shape index (κ1) is 10.8. The molecule has 1 aromatic carbocycles. The highest BCUT2D eigenvalue weighted by Crippen LogP contribution is 2.27. The molecular weight excluding hydrogens is 274 g/mol. The Morgan fingerprint density at radius 3 is 2.81 bits per heavy atom. The van der Waals surface area contributed by atoms with Crippen LogP contribution in [0.15, 0.2) is 35.1 Å². The first-order valence-electron chi connectivity index (χ1n) is 4.54. The van der Waals surface area contributed by atoms with Crippen molar-refractivity contribution < 1.29 is 4.92 Å². The van der Waals surface area contributed by atoms with Gasteiger partial charge in [0, 0.05) is 22.9 Å². The zero-order valence-corrected chi connectivity index (χ0v) is 10.0. The van der Waals surface area contributed by atoms with E-state index in [1.54, 1.807) is 36.0 Å². The molecule has 6 heteroatoms. The van der Waals surface area contributed by atoms with Gasteiger partial charge in [-0.25, -0.2) is 4.98 Å². The second kappa shape index (κ2) is 4.05. The summed E-state index contributed by atoms with van der Waals surface area (Å²) in [6.07, 6.45) is 3.31. The molecule has 0 N–H and O–H groups in total. The van der Waals surface area contributed by atoms with Crippen molar-refractivity contribution in [1.82, 2.24) is 9.55 Å². The molecule has 0 aliphatic rings. The van der Waals surface area contributed by atoms with E-state index in [1.165, 1.54) is 6.07 Å². The number of hydrogen-bond donors (Lipinski definition) is 0. The van der Waals surface area contributed by atoms with E-state index in [0.29, 0.717) is 16.0 Å². The summed E-state index contributed by atoms with van der Waals surface area (Å²) >= 11 is 3.22. The third-order valence-corrected chi connectivity index (χ3v) is 2.71.